The van der Waals surface area contributed by atoms with Gasteiger partial charge in [0.25, 0.3) is 0 Å². The van der Waals surface area contributed by atoms with E-state index in [2.05, 4.69) is 9.88 Å². The number of imidazole rings is 1. The van der Waals surface area contributed by atoms with Gasteiger partial charge in [-0.1, -0.05) is 12.1 Å². The number of carbonyl (C=O) groups excluding carboxylic acids is 1. The molecule has 0 aliphatic carbocycles. The average molecular weight is 413 g/mol. The molecule has 4 rings (SSSR count). The third kappa shape index (κ3) is 3.81. The maximum atomic E-state index is 13.8. The lowest BCUT2D eigenvalue weighted by molar-refractivity contribution is 0.0595. The Morgan fingerprint density at radius 2 is 1.77 bits per heavy atom. The number of fused-ring (bicyclic) bond motifs is 1. The molecule has 158 valence electrons. The highest BCUT2D eigenvalue weighted by Gasteiger charge is 2.31. The monoisotopic (exact) mass is 413 g/mol. The van der Waals surface area contributed by atoms with Crippen LogP contribution in [0.4, 0.5) is 8.78 Å². The number of benzene rings is 2. The summed E-state index contributed by atoms with van der Waals surface area (Å²) in [6.45, 7) is 0.593. The van der Waals surface area contributed by atoms with Crippen LogP contribution in [0.25, 0.3) is 11.0 Å². The first-order valence-electron chi connectivity index (χ1n) is 10.2. The minimum absolute atomic E-state index is 0.0595. The second-order valence-electron chi connectivity index (χ2n) is 7.69. The highest BCUT2D eigenvalue weighted by molar-refractivity contribution is 5.98. The minimum atomic E-state index is -2.65. The molecule has 7 heteroatoms. The first-order chi connectivity index (χ1) is 14.5. The van der Waals surface area contributed by atoms with Gasteiger partial charge in [0.15, 0.2) is 5.78 Å². The molecule has 0 spiro atoms. The lowest BCUT2D eigenvalue weighted by Crippen LogP contribution is -2.38. The molecule has 0 N–H and O–H groups in total. The van der Waals surface area contributed by atoms with Crippen molar-refractivity contribution in [3.05, 3.63) is 59.9 Å². The Balaban J connectivity index is 1.47. The summed E-state index contributed by atoms with van der Waals surface area (Å²) in [5.41, 5.74) is 1.70. The number of ketones is 1. The van der Waals surface area contributed by atoms with Gasteiger partial charge in [0.05, 0.1) is 24.2 Å². The zero-order chi connectivity index (χ0) is 21.3. The molecule has 0 bridgehead atoms. The van der Waals surface area contributed by atoms with Crippen LogP contribution in [0.2, 0.25) is 0 Å². The molecule has 1 aliphatic rings. The van der Waals surface area contributed by atoms with Crippen LogP contribution < -0.4 is 4.74 Å². The first-order valence-corrected chi connectivity index (χ1v) is 10.2. The molecule has 1 aliphatic heterocycles. The molecular weight excluding hydrogens is 388 g/mol. The van der Waals surface area contributed by atoms with Crippen LogP contribution >= 0.6 is 0 Å². The summed E-state index contributed by atoms with van der Waals surface area (Å²) in [4.78, 5) is 19.5. The molecule has 0 unspecified atom stereocenters. The number of likely N-dealkylation sites (tertiary alicyclic amines) is 1. The van der Waals surface area contributed by atoms with E-state index in [0.29, 0.717) is 48.4 Å². The summed E-state index contributed by atoms with van der Waals surface area (Å²) in [6.07, 6.45) is 1.40. The maximum absolute atomic E-state index is 13.8. The van der Waals surface area contributed by atoms with E-state index < -0.39 is 6.55 Å². The van der Waals surface area contributed by atoms with Gasteiger partial charge >= 0.3 is 6.55 Å². The number of aromatic nitrogens is 2. The van der Waals surface area contributed by atoms with Crippen molar-refractivity contribution in [1.29, 1.82) is 0 Å². The zero-order valence-corrected chi connectivity index (χ0v) is 17.1. The second-order valence-corrected chi connectivity index (χ2v) is 7.69. The van der Waals surface area contributed by atoms with E-state index in [1.54, 1.807) is 55.6 Å². The Hall–Kier alpha value is -2.80. The van der Waals surface area contributed by atoms with Crippen LogP contribution in [-0.4, -0.2) is 40.4 Å². The number of halogens is 2. The van der Waals surface area contributed by atoms with Gasteiger partial charge < -0.3 is 4.74 Å². The zero-order valence-electron chi connectivity index (χ0n) is 17.1. The number of alkyl halides is 2. The summed E-state index contributed by atoms with van der Waals surface area (Å²) >= 11 is 0. The van der Waals surface area contributed by atoms with Gasteiger partial charge in [-0.25, -0.2) is 4.98 Å². The lowest BCUT2D eigenvalue weighted by atomic mass is 9.88. The minimum Gasteiger partial charge on any atom is -0.497 e. The molecule has 1 aromatic heterocycles. The van der Waals surface area contributed by atoms with E-state index >= 15 is 0 Å². The van der Waals surface area contributed by atoms with Gasteiger partial charge in [-0.3, -0.25) is 14.3 Å². The Morgan fingerprint density at radius 1 is 1.10 bits per heavy atom. The van der Waals surface area contributed by atoms with Gasteiger partial charge in [0.2, 0.25) is 0 Å². The number of methoxy groups -OCH3 is 1. The van der Waals surface area contributed by atoms with Gasteiger partial charge in [-0.15, -0.1) is 0 Å². The fraction of sp³-hybridized carbons (Fsp3) is 0.391. The summed E-state index contributed by atoms with van der Waals surface area (Å²) in [7, 11) is 1.59. The second kappa shape index (κ2) is 8.52. The quantitative estimate of drug-likeness (QED) is 0.528. The van der Waals surface area contributed by atoms with Crippen LogP contribution in [0.15, 0.2) is 48.5 Å². The molecule has 0 radical (unpaired) electrons. The molecule has 30 heavy (non-hydrogen) atoms. The first kappa shape index (κ1) is 20.5. The van der Waals surface area contributed by atoms with Crippen molar-refractivity contribution in [2.75, 3.05) is 20.2 Å². The normalized spacial score (nSPS) is 16.8. The maximum Gasteiger partial charge on any atom is 0.320 e. The number of Topliss-reactive ketones (excluding diaryl/α,β-unsaturated/α-hetero) is 1. The summed E-state index contributed by atoms with van der Waals surface area (Å²) in [6, 6.07) is 13.9. The number of piperidine rings is 1. The number of carbonyl (C=O) groups is 1. The summed E-state index contributed by atoms with van der Waals surface area (Å²) < 4.78 is 33.7. The number of hydrogen-bond acceptors (Lipinski definition) is 4. The fourth-order valence-electron chi connectivity index (χ4n) is 4.27. The van der Waals surface area contributed by atoms with Crippen molar-refractivity contribution < 1.29 is 18.3 Å². The van der Waals surface area contributed by atoms with Crippen molar-refractivity contribution in [1.82, 2.24) is 14.5 Å². The van der Waals surface area contributed by atoms with Crippen molar-refractivity contribution in [3.8, 4) is 5.75 Å². The number of rotatable bonds is 6. The highest BCUT2D eigenvalue weighted by atomic mass is 19.3. The molecule has 2 aromatic carbocycles. The SMILES string of the molecule is COc1ccc(C(=O)C2CCN([C@@H](C)c3nc4ccccc4n3C(F)F)CC2)cc1. The Morgan fingerprint density at radius 3 is 2.40 bits per heavy atom. The van der Waals surface area contributed by atoms with Crippen LogP contribution in [-0.2, 0) is 0 Å². The topological polar surface area (TPSA) is 47.4 Å². The summed E-state index contributed by atoms with van der Waals surface area (Å²) in [5.74, 6) is 1.16. The van der Waals surface area contributed by atoms with Crippen LogP contribution in [0.3, 0.4) is 0 Å². The van der Waals surface area contributed by atoms with Gasteiger partial charge in [0.1, 0.15) is 11.6 Å². The molecule has 1 atom stereocenters. The smallest absolute Gasteiger partial charge is 0.320 e. The van der Waals surface area contributed by atoms with Gasteiger partial charge in [-0.2, -0.15) is 8.78 Å². The third-order valence-electron chi connectivity index (χ3n) is 6.01. The Kier molecular flexibility index (Phi) is 5.81. The Bertz CT molecular complexity index is 1020. The molecule has 0 amide bonds. The molecular formula is C23H25F2N3O2. The van der Waals surface area contributed by atoms with Gasteiger partial charge in [-0.05, 0) is 69.3 Å². The van der Waals surface area contributed by atoms with E-state index in [1.807, 2.05) is 6.92 Å². The molecule has 5 nitrogen and oxygen atoms in total. The summed E-state index contributed by atoms with van der Waals surface area (Å²) in [5, 5.41) is 0. The largest absolute Gasteiger partial charge is 0.497 e. The van der Waals surface area contributed by atoms with E-state index in [0.717, 1.165) is 10.3 Å². The number of ether oxygens (including phenoxy) is 1. The third-order valence-corrected chi connectivity index (χ3v) is 6.01. The number of nitrogens with zero attached hydrogens (tertiary/aromatic N) is 3. The molecule has 3 aromatic rings. The van der Waals surface area contributed by atoms with Crippen molar-refractivity contribution in [2.45, 2.75) is 32.4 Å². The number of hydrogen-bond donors (Lipinski definition) is 0. The van der Waals surface area contributed by atoms with Crippen LogP contribution in [0.1, 0.15) is 48.5 Å². The fourth-order valence-corrected chi connectivity index (χ4v) is 4.27. The Labute approximate surface area is 174 Å². The molecule has 0 saturated carbocycles. The van der Waals surface area contributed by atoms with E-state index in [9.17, 15) is 13.6 Å². The van der Waals surface area contributed by atoms with Crippen molar-refractivity contribution in [2.24, 2.45) is 5.92 Å². The lowest BCUT2D eigenvalue weighted by Gasteiger charge is -2.35. The molecule has 2 heterocycles. The average Bonchev–Trinajstić information content (AvgIpc) is 3.18. The van der Waals surface area contributed by atoms with E-state index in [-0.39, 0.29) is 17.7 Å². The van der Waals surface area contributed by atoms with Crippen molar-refractivity contribution in [3.63, 3.8) is 0 Å². The van der Waals surface area contributed by atoms with Gasteiger partial charge in [0, 0.05) is 11.5 Å². The predicted octanol–water partition coefficient (Wildman–Crippen LogP) is 5.10. The molecule has 1 fully saturated rings. The van der Waals surface area contributed by atoms with Crippen molar-refractivity contribution >= 4 is 16.8 Å². The number of para-hydroxylation sites is 2. The van der Waals surface area contributed by atoms with E-state index in [4.69, 9.17) is 4.74 Å². The van der Waals surface area contributed by atoms with E-state index in [1.165, 1.54) is 0 Å². The van der Waals surface area contributed by atoms with Crippen LogP contribution in [0.5, 0.6) is 5.75 Å². The molecule has 1 saturated heterocycles. The predicted molar refractivity (Wildman–Crippen MR) is 111 cm³/mol. The van der Waals surface area contributed by atoms with Crippen LogP contribution in [0, 0.1) is 5.92 Å². The standard InChI is InChI=1S/C23H25F2N3O2/c1-15(22-26-19-5-3-4-6-20(19)28(22)23(24)25)27-13-11-17(12-14-27)21(29)16-7-9-18(30-2)10-8-16/h3-10,15,17,23H,11-14H2,1-2H3/t15-/m0/s1. The highest BCUT2D eigenvalue weighted by Crippen LogP contribution is 2.32.